The number of carbonyl (C=O) groups is 2. The fraction of sp³-hybridized carbons (Fsp3) is 0.158. The van der Waals surface area contributed by atoms with Crippen molar-refractivity contribution in [3.63, 3.8) is 0 Å². The summed E-state index contributed by atoms with van der Waals surface area (Å²) < 4.78 is 9.99. The Morgan fingerprint density at radius 1 is 1.04 bits per heavy atom. The van der Waals surface area contributed by atoms with Gasteiger partial charge in [-0.3, -0.25) is 9.59 Å². The molecule has 2 rings (SSSR count). The van der Waals surface area contributed by atoms with Crippen LogP contribution in [0.15, 0.2) is 54.6 Å². The summed E-state index contributed by atoms with van der Waals surface area (Å²) in [6.07, 6.45) is 3.17. The van der Waals surface area contributed by atoms with E-state index < -0.39 is 0 Å². The molecule has 0 heterocycles. The molecule has 0 unspecified atom stereocenters. The molecule has 0 atom stereocenters. The minimum Gasteiger partial charge on any atom is -0.495 e. The van der Waals surface area contributed by atoms with E-state index in [1.165, 1.54) is 20.3 Å². The number of benzene rings is 2. The van der Waals surface area contributed by atoms with E-state index in [2.05, 4.69) is 10.6 Å². The van der Waals surface area contributed by atoms with E-state index in [0.29, 0.717) is 17.1 Å². The van der Waals surface area contributed by atoms with Crippen LogP contribution in [0.1, 0.15) is 5.56 Å². The van der Waals surface area contributed by atoms with Crippen molar-refractivity contribution in [2.45, 2.75) is 0 Å². The first-order valence-corrected chi connectivity index (χ1v) is 7.63. The predicted molar refractivity (Wildman–Crippen MR) is 97.6 cm³/mol. The number of rotatable bonds is 7. The van der Waals surface area contributed by atoms with Gasteiger partial charge in [0.1, 0.15) is 12.4 Å². The number of hydrogen-bond acceptors (Lipinski definition) is 4. The van der Waals surface area contributed by atoms with Crippen LogP contribution in [-0.4, -0.2) is 32.6 Å². The second-order valence-corrected chi connectivity index (χ2v) is 5.13. The summed E-state index contributed by atoms with van der Waals surface area (Å²) in [6, 6.07) is 14.5. The highest BCUT2D eigenvalue weighted by Gasteiger charge is 2.09. The van der Waals surface area contributed by atoms with Gasteiger partial charge in [-0.1, -0.05) is 30.3 Å². The predicted octanol–water partition coefficient (Wildman–Crippen LogP) is 2.93. The molecular weight excluding hydrogens is 320 g/mol. The van der Waals surface area contributed by atoms with Crippen LogP contribution in [-0.2, 0) is 14.3 Å². The molecule has 0 aliphatic rings. The SMILES string of the molecule is COCC(=O)Nc1cc(NC(=O)/C=C/c2ccccc2)ccc1OC. The van der Waals surface area contributed by atoms with Crippen LogP contribution in [0.5, 0.6) is 5.75 Å². The van der Waals surface area contributed by atoms with Gasteiger partial charge in [-0.05, 0) is 29.8 Å². The fourth-order valence-corrected chi connectivity index (χ4v) is 2.12. The monoisotopic (exact) mass is 340 g/mol. The fourth-order valence-electron chi connectivity index (χ4n) is 2.12. The molecule has 0 radical (unpaired) electrons. The molecule has 2 N–H and O–H groups in total. The van der Waals surface area contributed by atoms with E-state index in [4.69, 9.17) is 9.47 Å². The van der Waals surface area contributed by atoms with Crippen LogP contribution in [0, 0.1) is 0 Å². The maximum absolute atomic E-state index is 12.0. The molecule has 0 bridgehead atoms. The Balaban J connectivity index is 2.07. The summed E-state index contributed by atoms with van der Waals surface area (Å²) in [5.41, 5.74) is 1.92. The van der Waals surface area contributed by atoms with Gasteiger partial charge in [0.2, 0.25) is 11.8 Å². The normalized spacial score (nSPS) is 10.5. The molecule has 0 aliphatic carbocycles. The van der Waals surface area contributed by atoms with E-state index in [1.54, 1.807) is 24.3 Å². The van der Waals surface area contributed by atoms with Gasteiger partial charge in [-0.2, -0.15) is 0 Å². The van der Waals surface area contributed by atoms with Crippen molar-refractivity contribution in [2.75, 3.05) is 31.5 Å². The van der Waals surface area contributed by atoms with Crippen molar-refractivity contribution in [1.29, 1.82) is 0 Å². The van der Waals surface area contributed by atoms with Gasteiger partial charge in [-0.15, -0.1) is 0 Å². The third-order valence-corrected chi connectivity index (χ3v) is 3.24. The summed E-state index contributed by atoms with van der Waals surface area (Å²) >= 11 is 0. The smallest absolute Gasteiger partial charge is 0.250 e. The molecular formula is C19H20N2O4. The topological polar surface area (TPSA) is 76.7 Å². The van der Waals surface area contributed by atoms with Crippen molar-refractivity contribution < 1.29 is 19.1 Å². The van der Waals surface area contributed by atoms with Crippen LogP contribution in [0.4, 0.5) is 11.4 Å². The van der Waals surface area contributed by atoms with Gasteiger partial charge < -0.3 is 20.1 Å². The molecule has 2 amide bonds. The number of carbonyl (C=O) groups excluding carboxylic acids is 2. The summed E-state index contributed by atoms with van der Waals surface area (Å²) in [5, 5.41) is 5.42. The molecule has 2 aromatic carbocycles. The lowest BCUT2D eigenvalue weighted by Crippen LogP contribution is -2.18. The quantitative estimate of drug-likeness (QED) is 0.760. The zero-order chi connectivity index (χ0) is 18.1. The maximum atomic E-state index is 12.0. The van der Waals surface area contributed by atoms with E-state index in [1.807, 2.05) is 30.3 Å². The number of hydrogen-bond donors (Lipinski definition) is 2. The van der Waals surface area contributed by atoms with E-state index in [9.17, 15) is 9.59 Å². The van der Waals surface area contributed by atoms with Gasteiger partial charge in [0.05, 0.1) is 12.8 Å². The zero-order valence-electron chi connectivity index (χ0n) is 14.1. The molecule has 0 saturated carbocycles. The number of anilines is 2. The van der Waals surface area contributed by atoms with Gasteiger partial charge in [0.15, 0.2) is 0 Å². The first kappa shape index (κ1) is 18.2. The van der Waals surface area contributed by atoms with Crippen LogP contribution < -0.4 is 15.4 Å². The molecule has 2 aromatic rings. The third-order valence-electron chi connectivity index (χ3n) is 3.24. The van der Waals surface area contributed by atoms with Crippen LogP contribution in [0.3, 0.4) is 0 Å². The molecule has 0 fully saturated rings. The van der Waals surface area contributed by atoms with E-state index in [-0.39, 0.29) is 18.4 Å². The number of ether oxygens (including phenoxy) is 2. The van der Waals surface area contributed by atoms with Gasteiger partial charge in [-0.25, -0.2) is 0 Å². The van der Waals surface area contributed by atoms with Gasteiger partial charge in [0, 0.05) is 18.9 Å². The maximum Gasteiger partial charge on any atom is 0.250 e. The molecule has 0 aromatic heterocycles. The summed E-state index contributed by atoms with van der Waals surface area (Å²) in [4.78, 5) is 23.7. The second kappa shape index (κ2) is 9.24. The van der Waals surface area contributed by atoms with Crippen LogP contribution in [0.25, 0.3) is 6.08 Å². The minimum atomic E-state index is -0.312. The first-order valence-electron chi connectivity index (χ1n) is 7.63. The summed E-state index contributed by atoms with van der Waals surface area (Å²) in [6.45, 7) is -0.0699. The molecule has 130 valence electrons. The molecule has 25 heavy (non-hydrogen) atoms. The molecule has 0 spiro atoms. The van der Waals surface area contributed by atoms with E-state index >= 15 is 0 Å². The molecule has 6 nitrogen and oxygen atoms in total. The Kier molecular flexibility index (Phi) is 6.74. The third kappa shape index (κ3) is 5.78. The zero-order valence-corrected chi connectivity index (χ0v) is 14.1. The molecule has 6 heteroatoms. The number of methoxy groups -OCH3 is 2. The summed E-state index contributed by atoms with van der Waals surface area (Å²) in [7, 11) is 2.94. The second-order valence-electron chi connectivity index (χ2n) is 5.13. The van der Waals surface area contributed by atoms with E-state index in [0.717, 1.165) is 5.56 Å². The standard InChI is InChI=1S/C19H20N2O4/c1-24-13-19(23)21-16-12-15(9-10-17(16)25-2)20-18(22)11-8-14-6-4-3-5-7-14/h3-12H,13H2,1-2H3,(H,20,22)(H,21,23)/b11-8+. The Morgan fingerprint density at radius 3 is 2.48 bits per heavy atom. The van der Waals surface area contributed by atoms with Crippen molar-refractivity contribution in [1.82, 2.24) is 0 Å². The Morgan fingerprint density at radius 2 is 1.80 bits per heavy atom. The average molecular weight is 340 g/mol. The van der Waals surface area contributed by atoms with Crippen molar-refractivity contribution >= 4 is 29.3 Å². The van der Waals surface area contributed by atoms with Crippen LogP contribution in [0.2, 0.25) is 0 Å². The van der Waals surface area contributed by atoms with Crippen LogP contribution >= 0.6 is 0 Å². The summed E-state index contributed by atoms with van der Waals surface area (Å²) in [5.74, 6) is -0.0984. The lowest BCUT2D eigenvalue weighted by Gasteiger charge is -2.12. The Labute approximate surface area is 146 Å². The molecule has 0 aliphatic heterocycles. The molecule has 0 saturated heterocycles. The highest BCUT2D eigenvalue weighted by atomic mass is 16.5. The lowest BCUT2D eigenvalue weighted by molar-refractivity contribution is -0.119. The lowest BCUT2D eigenvalue weighted by atomic mass is 10.2. The number of amides is 2. The Hall–Kier alpha value is -3.12. The first-order chi connectivity index (χ1) is 12.1. The average Bonchev–Trinajstić information content (AvgIpc) is 2.61. The highest BCUT2D eigenvalue weighted by molar-refractivity contribution is 6.02. The highest BCUT2D eigenvalue weighted by Crippen LogP contribution is 2.27. The Bertz CT molecular complexity index is 757. The van der Waals surface area contributed by atoms with Gasteiger partial charge in [0.25, 0.3) is 0 Å². The minimum absolute atomic E-state index is 0.0699. The number of nitrogens with one attached hydrogen (secondary N) is 2. The van der Waals surface area contributed by atoms with Crippen molar-refractivity contribution in [2.24, 2.45) is 0 Å². The largest absolute Gasteiger partial charge is 0.495 e. The van der Waals surface area contributed by atoms with Gasteiger partial charge >= 0.3 is 0 Å². The van der Waals surface area contributed by atoms with Crippen molar-refractivity contribution in [3.05, 3.63) is 60.2 Å². The van der Waals surface area contributed by atoms with Crippen molar-refractivity contribution in [3.8, 4) is 5.75 Å².